The average Bonchev–Trinajstić information content (AvgIpc) is 3.10. The van der Waals surface area contributed by atoms with Crippen LogP contribution in [0.3, 0.4) is 0 Å². The molecular weight excluding hydrogens is 392 g/mol. The van der Waals surface area contributed by atoms with Gasteiger partial charge in [-0.15, -0.1) is 0 Å². The van der Waals surface area contributed by atoms with E-state index < -0.39 is 16.0 Å². The van der Waals surface area contributed by atoms with Gasteiger partial charge in [0.1, 0.15) is 5.75 Å². The number of carbonyl (C=O) groups excluding carboxylic acids is 1. The minimum Gasteiger partial charge on any atom is -0.497 e. The first kappa shape index (κ1) is 20.8. The Morgan fingerprint density at radius 3 is 2.41 bits per heavy atom. The van der Waals surface area contributed by atoms with E-state index in [1.165, 1.54) is 16.4 Å². The maximum atomic E-state index is 12.7. The van der Waals surface area contributed by atoms with Gasteiger partial charge in [0.25, 0.3) is 0 Å². The number of rotatable bonds is 7. The molecule has 0 aromatic heterocycles. The monoisotopic (exact) mass is 414 g/mol. The molecule has 0 saturated carbocycles. The van der Waals surface area contributed by atoms with Crippen LogP contribution >= 0.6 is 0 Å². The zero-order valence-electron chi connectivity index (χ0n) is 16.5. The Hall–Kier alpha value is -2.97. The molecule has 29 heavy (non-hydrogen) atoms. The molecule has 0 aliphatic carbocycles. The highest BCUT2D eigenvalue weighted by Gasteiger charge is 2.27. The number of carbonyl (C=O) groups is 1. The molecule has 0 fully saturated rings. The highest BCUT2D eigenvalue weighted by molar-refractivity contribution is 7.89. The first-order chi connectivity index (χ1) is 13.9. The van der Waals surface area contributed by atoms with Gasteiger partial charge in [0.2, 0.25) is 15.9 Å². The molecule has 1 aliphatic rings. The number of hydrogen-bond donors (Lipinski definition) is 0. The number of cyclic esters (lactones) is 1. The Balaban J connectivity index is 1.92. The molecule has 0 radical (unpaired) electrons. The summed E-state index contributed by atoms with van der Waals surface area (Å²) in [5.41, 5.74) is 1.33. The summed E-state index contributed by atoms with van der Waals surface area (Å²) in [5.74, 6) is 0.191. The largest absolute Gasteiger partial charge is 0.497 e. The predicted molar refractivity (Wildman–Crippen MR) is 110 cm³/mol. The first-order valence-corrected chi connectivity index (χ1v) is 10.6. The fraction of sp³-hybridized carbons (Fsp3) is 0.238. The van der Waals surface area contributed by atoms with E-state index in [-0.39, 0.29) is 16.5 Å². The molecule has 1 heterocycles. The second-order valence-electron chi connectivity index (χ2n) is 6.23. The van der Waals surface area contributed by atoms with Crippen molar-refractivity contribution in [2.45, 2.75) is 18.7 Å². The SMILES string of the molecule is CCN(CC)S(=O)(=O)c1cccc(C2=N/C(=C/c3ccc(OC)cc3)C(=O)O2)c1. The summed E-state index contributed by atoms with van der Waals surface area (Å²) in [7, 11) is -2.05. The van der Waals surface area contributed by atoms with Crippen molar-refractivity contribution in [3.63, 3.8) is 0 Å². The van der Waals surface area contributed by atoms with Crippen LogP contribution in [0.2, 0.25) is 0 Å². The second-order valence-corrected chi connectivity index (χ2v) is 8.16. The van der Waals surface area contributed by atoms with Gasteiger partial charge in [-0.05, 0) is 42.0 Å². The van der Waals surface area contributed by atoms with Crippen molar-refractivity contribution in [1.82, 2.24) is 4.31 Å². The van der Waals surface area contributed by atoms with Gasteiger partial charge in [-0.1, -0.05) is 32.0 Å². The van der Waals surface area contributed by atoms with Gasteiger partial charge in [-0.3, -0.25) is 0 Å². The van der Waals surface area contributed by atoms with E-state index >= 15 is 0 Å². The smallest absolute Gasteiger partial charge is 0.363 e. The zero-order valence-corrected chi connectivity index (χ0v) is 17.3. The van der Waals surface area contributed by atoms with Crippen molar-refractivity contribution >= 4 is 28.0 Å². The van der Waals surface area contributed by atoms with E-state index in [2.05, 4.69) is 4.99 Å². The van der Waals surface area contributed by atoms with E-state index in [1.54, 1.807) is 63.4 Å². The molecule has 0 amide bonds. The summed E-state index contributed by atoms with van der Waals surface area (Å²) in [6, 6.07) is 13.4. The standard InChI is InChI=1S/C21H22N2O5S/c1-4-23(5-2)29(25,26)18-8-6-7-16(14-18)20-22-19(21(24)28-20)13-15-9-11-17(27-3)12-10-15/h6-14H,4-5H2,1-3H3/b19-13+. The van der Waals surface area contributed by atoms with Gasteiger partial charge in [0, 0.05) is 18.7 Å². The zero-order chi connectivity index (χ0) is 21.0. The lowest BCUT2D eigenvalue weighted by molar-refractivity contribution is -0.129. The second kappa shape index (κ2) is 8.59. The molecule has 0 saturated heterocycles. The van der Waals surface area contributed by atoms with Crippen LogP contribution in [0.4, 0.5) is 0 Å². The van der Waals surface area contributed by atoms with Crippen molar-refractivity contribution in [2.75, 3.05) is 20.2 Å². The Kier molecular flexibility index (Phi) is 6.14. The number of hydrogen-bond acceptors (Lipinski definition) is 6. The molecule has 0 atom stereocenters. The minimum absolute atomic E-state index is 0.0753. The highest BCUT2D eigenvalue weighted by Crippen LogP contribution is 2.23. The third-order valence-corrected chi connectivity index (χ3v) is 6.51. The van der Waals surface area contributed by atoms with Crippen LogP contribution < -0.4 is 4.74 Å². The maximum absolute atomic E-state index is 12.7. The third-order valence-electron chi connectivity index (χ3n) is 4.46. The van der Waals surface area contributed by atoms with E-state index in [4.69, 9.17) is 9.47 Å². The van der Waals surface area contributed by atoms with Crippen LogP contribution in [0.15, 0.2) is 64.1 Å². The molecule has 0 unspecified atom stereocenters. The number of sulfonamides is 1. The molecule has 0 spiro atoms. The van der Waals surface area contributed by atoms with Crippen molar-refractivity contribution in [3.8, 4) is 5.75 Å². The summed E-state index contributed by atoms with van der Waals surface area (Å²) in [5, 5.41) is 0. The number of methoxy groups -OCH3 is 1. The van der Waals surface area contributed by atoms with Gasteiger partial charge in [0.15, 0.2) is 5.70 Å². The van der Waals surface area contributed by atoms with Crippen molar-refractivity contribution < 1.29 is 22.7 Å². The average molecular weight is 414 g/mol. The van der Waals surface area contributed by atoms with Crippen LogP contribution in [0.25, 0.3) is 6.08 Å². The Bertz CT molecular complexity index is 1070. The Morgan fingerprint density at radius 1 is 1.10 bits per heavy atom. The quantitative estimate of drug-likeness (QED) is 0.513. The summed E-state index contributed by atoms with van der Waals surface area (Å²) in [4.78, 5) is 16.6. The minimum atomic E-state index is -3.62. The van der Waals surface area contributed by atoms with E-state index in [9.17, 15) is 13.2 Å². The third kappa shape index (κ3) is 4.38. The van der Waals surface area contributed by atoms with Crippen molar-refractivity contribution in [2.24, 2.45) is 4.99 Å². The van der Waals surface area contributed by atoms with Gasteiger partial charge in [-0.25, -0.2) is 18.2 Å². The number of ether oxygens (including phenoxy) is 2. The molecular formula is C21H22N2O5S. The fourth-order valence-electron chi connectivity index (χ4n) is 2.89. The number of benzene rings is 2. The summed E-state index contributed by atoms with van der Waals surface area (Å²) < 4.78 is 37.2. The van der Waals surface area contributed by atoms with Crippen molar-refractivity contribution in [1.29, 1.82) is 0 Å². The molecule has 8 heteroatoms. The fourth-order valence-corrected chi connectivity index (χ4v) is 4.40. The van der Waals surface area contributed by atoms with E-state index in [0.717, 1.165) is 5.56 Å². The van der Waals surface area contributed by atoms with Gasteiger partial charge < -0.3 is 9.47 Å². The van der Waals surface area contributed by atoms with Crippen molar-refractivity contribution in [3.05, 3.63) is 65.4 Å². The lowest BCUT2D eigenvalue weighted by Crippen LogP contribution is -2.30. The number of esters is 1. The van der Waals surface area contributed by atoms with E-state index in [1.807, 2.05) is 0 Å². The highest BCUT2D eigenvalue weighted by atomic mass is 32.2. The predicted octanol–water partition coefficient (Wildman–Crippen LogP) is 3.07. The van der Waals surface area contributed by atoms with Gasteiger partial charge in [0.05, 0.1) is 12.0 Å². The van der Waals surface area contributed by atoms with Gasteiger partial charge >= 0.3 is 5.97 Å². The molecule has 152 valence electrons. The molecule has 7 nitrogen and oxygen atoms in total. The number of aliphatic imine (C=N–C) groups is 1. The lowest BCUT2D eigenvalue weighted by Gasteiger charge is -2.18. The molecule has 0 bridgehead atoms. The van der Waals surface area contributed by atoms with Crippen LogP contribution in [-0.2, 0) is 19.6 Å². The maximum Gasteiger partial charge on any atom is 0.363 e. The van der Waals surface area contributed by atoms with Crippen LogP contribution in [-0.4, -0.2) is 44.8 Å². The Morgan fingerprint density at radius 2 is 1.79 bits per heavy atom. The van der Waals surface area contributed by atoms with Crippen LogP contribution in [0, 0.1) is 0 Å². The van der Waals surface area contributed by atoms with Crippen LogP contribution in [0.5, 0.6) is 5.75 Å². The molecule has 2 aromatic carbocycles. The van der Waals surface area contributed by atoms with E-state index in [0.29, 0.717) is 24.4 Å². The van der Waals surface area contributed by atoms with Gasteiger partial charge in [-0.2, -0.15) is 4.31 Å². The normalized spacial score (nSPS) is 15.5. The molecule has 0 N–H and O–H groups in total. The topological polar surface area (TPSA) is 85.3 Å². The number of nitrogens with zero attached hydrogens (tertiary/aromatic N) is 2. The summed E-state index contributed by atoms with van der Waals surface area (Å²) in [6.45, 7) is 4.30. The summed E-state index contributed by atoms with van der Waals surface area (Å²) >= 11 is 0. The molecule has 3 rings (SSSR count). The lowest BCUT2D eigenvalue weighted by atomic mass is 10.2. The first-order valence-electron chi connectivity index (χ1n) is 9.16. The molecule has 2 aromatic rings. The summed E-state index contributed by atoms with van der Waals surface area (Å²) in [6.07, 6.45) is 1.60. The Labute approximate surface area is 170 Å². The van der Waals surface area contributed by atoms with Crippen LogP contribution in [0.1, 0.15) is 25.0 Å². The molecule has 1 aliphatic heterocycles.